The second-order valence-corrected chi connectivity index (χ2v) is 14.6. The number of sulfonamides is 1. The van der Waals surface area contributed by atoms with Crippen molar-refractivity contribution in [2.24, 2.45) is 0 Å². The Labute approximate surface area is 270 Å². The third-order valence-electron chi connectivity index (χ3n) is 9.65. The third-order valence-corrected chi connectivity index (χ3v) is 11.4. The first-order chi connectivity index (χ1) is 22.1. The summed E-state index contributed by atoms with van der Waals surface area (Å²) >= 11 is 0. The molecule has 2 fully saturated rings. The largest absolute Gasteiger partial charge is 0.333 e. The molecule has 1 aromatic heterocycles. The first kappa shape index (κ1) is 30.0. The summed E-state index contributed by atoms with van der Waals surface area (Å²) in [6.45, 7) is 6.43. The third kappa shape index (κ3) is 4.59. The van der Waals surface area contributed by atoms with Crippen LogP contribution in [0.1, 0.15) is 45.6 Å². The molecule has 0 radical (unpaired) electrons. The summed E-state index contributed by atoms with van der Waals surface area (Å²) < 4.78 is 32.7. The van der Waals surface area contributed by atoms with E-state index in [1.807, 2.05) is 66.9 Å². The molecular weight excluding hydrogens is 596 g/mol. The Kier molecular flexibility index (Phi) is 7.39. The Balaban J connectivity index is 1.36. The van der Waals surface area contributed by atoms with Crippen LogP contribution in [0.25, 0.3) is 10.9 Å². The molecule has 3 aliphatic rings. The molecular formula is C37H38N4O4S. The minimum Gasteiger partial charge on any atom is -0.333 e. The van der Waals surface area contributed by atoms with Crippen molar-refractivity contribution in [3.05, 3.63) is 120 Å². The van der Waals surface area contributed by atoms with E-state index in [9.17, 15) is 18.0 Å². The van der Waals surface area contributed by atoms with Crippen molar-refractivity contribution < 1.29 is 18.0 Å². The lowest BCUT2D eigenvalue weighted by atomic mass is 9.86. The molecule has 3 aliphatic heterocycles. The van der Waals surface area contributed by atoms with Gasteiger partial charge in [-0.3, -0.25) is 9.59 Å². The van der Waals surface area contributed by atoms with Gasteiger partial charge in [0.1, 0.15) is 24.3 Å². The molecule has 0 N–H and O–H groups in total. The highest BCUT2D eigenvalue weighted by molar-refractivity contribution is 7.92. The van der Waals surface area contributed by atoms with Crippen LogP contribution in [0.4, 0.5) is 5.69 Å². The fourth-order valence-corrected chi connectivity index (χ4v) is 9.22. The lowest BCUT2D eigenvalue weighted by Gasteiger charge is -2.42. The van der Waals surface area contributed by atoms with Crippen molar-refractivity contribution in [3.8, 4) is 0 Å². The number of hydrogen-bond donors (Lipinski definition) is 0. The van der Waals surface area contributed by atoms with E-state index < -0.39 is 27.8 Å². The standard InChI is InChI=1S/C37H38N4O4S/c1-26(2)12-11-13-27(3)20-22-38-25-34(42)40-33(35(38)43)24-37(39-23-21-28-14-7-9-18-31(28)39)30-17-8-10-19-32(30)41(36(37)40)46(44,45)29-15-5-4-6-16-29/h4-10,12,14-21,23,33,36H,11,13,22,24-25H2,1-3H3/b27-20+/t33-,36-,37-/m1/s1. The zero-order chi connectivity index (χ0) is 32.2. The highest BCUT2D eigenvalue weighted by atomic mass is 32.2. The van der Waals surface area contributed by atoms with Crippen LogP contribution in [-0.2, 0) is 25.2 Å². The number of allylic oxidation sites excluding steroid dienone is 3. The Morgan fingerprint density at radius 3 is 2.39 bits per heavy atom. The van der Waals surface area contributed by atoms with Gasteiger partial charge in [-0.15, -0.1) is 0 Å². The topological polar surface area (TPSA) is 82.9 Å². The molecule has 0 saturated carbocycles. The fraction of sp³-hybridized carbons (Fsp3) is 0.297. The number of amides is 2. The molecule has 2 amide bonds. The zero-order valence-electron chi connectivity index (χ0n) is 26.3. The fourth-order valence-electron chi connectivity index (χ4n) is 7.53. The Bertz CT molecular complexity index is 2010. The van der Waals surface area contributed by atoms with Crippen molar-refractivity contribution in [2.45, 2.75) is 62.7 Å². The van der Waals surface area contributed by atoms with Crippen LogP contribution in [0.5, 0.6) is 0 Å². The monoisotopic (exact) mass is 634 g/mol. The number of carbonyl (C=O) groups is 2. The van der Waals surface area contributed by atoms with Crippen LogP contribution in [0, 0.1) is 0 Å². The summed E-state index contributed by atoms with van der Waals surface area (Å²) in [7, 11) is -4.14. The number of piperazine rings is 1. The van der Waals surface area contributed by atoms with Gasteiger partial charge in [0.2, 0.25) is 11.8 Å². The van der Waals surface area contributed by atoms with Gasteiger partial charge < -0.3 is 14.4 Å². The summed E-state index contributed by atoms with van der Waals surface area (Å²) in [5.74, 6) is -0.419. The summed E-state index contributed by atoms with van der Waals surface area (Å²) in [4.78, 5) is 31.9. The van der Waals surface area contributed by atoms with Gasteiger partial charge in [-0.05, 0) is 69.3 Å². The van der Waals surface area contributed by atoms with E-state index in [1.165, 1.54) is 9.88 Å². The molecule has 9 heteroatoms. The maximum absolute atomic E-state index is 14.6. The molecule has 8 nitrogen and oxygen atoms in total. The molecule has 0 aliphatic carbocycles. The van der Waals surface area contributed by atoms with Gasteiger partial charge in [0.05, 0.1) is 10.6 Å². The minimum absolute atomic E-state index is 0.109. The van der Waals surface area contributed by atoms with Crippen molar-refractivity contribution in [2.75, 3.05) is 17.4 Å². The van der Waals surface area contributed by atoms with E-state index >= 15 is 0 Å². The molecule has 3 aromatic carbocycles. The second-order valence-electron chi connectivity index (χ2n) is 12.8. The van der Waals surface area contributed by atoms with Gasteiger partial charge in [0.15, 0.2) is 0 Å². The van der Waals surface area contributed by atoms with Crippen LogP contribution in [-0.4, -0.2) is 59.9 Å². The molecule has 4 aromatic rings. The van der Waals surface area contributed by atoms with Gasteiger partial charge in [-0.1, -0.05) is 77.9 Å². The van der Waals surface area contributed by atoms with Crippen LogP contribution in [0.2, 0.25) is 0 Å². The normalized spacial score (nSPS) is 22.7. The average molecular weight is 635 g/mol. The Morgan fingerprint density at radius 1 is 0.891 bits per heavy atom. The van der Waals surface area contributed by atoms with Crippen LogP contribution in [0.15, 0.2) is 119 Å². The number of rotatable bonds is 8. The quantitative estimate of drug-likeness (QED) is 0.221. The van der Waals surface area contributed by atoms with Crippen LogP contribution in [0.3, 0.4) is 0 Å². The maximum atomic E-state index is 14.6. The summed E-state index contributed by atoms with van der Waals surface area (Å²) in [6, 6.07) is 24.9. The van der Waals surface area contributed by atoms with Crippen LogP contribution < -0.4 is 4.31 Å². The van der Waals surface area contributed by atoms with Gasteiger partial charge in [-0.25, -0.2) is 12.7 Å². The van der Waals surface area contributed by atoms with Crippen molar-refractivity contribution >= 4 is 38.4 Å². The number of carbonyl (C=O) groups excluding carboxylic acids is 2. The maximum Gasteiger partial charge on any atom is 0.266 e. The highest BCUT2D eigenvalue weighted by Crippen LogP contribution is 2.58. The average Bonchev–Trinajstić information content (AvgIpc) is 3.71. The SMILES string of the molecule is CC(C)=CCC/C(C)=C/CN1CC(=O)N2[C@H](C[C@@]3(n4ccc5ccccc54)c4ccccc4N(S(=O)(=O)c4ccccc4)[C@@H]23)C1=O. The van der Waals surface area contributed by atoms with E-state index in [2.05, 4.69) is 31.4 Å². The summed E-state index contributed by atoms with van der Waals surface area (Å²) in [6.07, 6.45) is 7.27. The number of fused-ring (bicyclic) bond motifs is 6. The van der Waals surface area contributed by atoms with Gasteiger partial charge in [-0.2, -0.15) is 0 Å². The molecule has 3 atom stereocenters. The molecule has 0 bridgehead atoms. The van der Waals surface area contributed by atoms with Crippen molar-refractivity contribution in [1.29, 1.82) is 0 Å². The molecule has 0 spiro atoms. The molecule has 0 unspecified atom stereocenters. The number of hydrogen-bond acceptors (Lipinski definition) is 4. The van der Waals surface area contributed by atoms with Crippen molar-refractivity contribution in [3.63, 3.8) is 0 Å². The number of anilines is 1. The smallest absolute Gasteiger partial charge is 0.266 e. The minimum atomic E-state index is -4.14. The number of benzene rings is 3. The second kappa shape index (κ2) is 11.3. The predicted molar refractivity (Wildman–Crippen MR) is 180 cm³/mol. The molecule has 2 saturated heterocycles. The van der Waals surface area contributed by atoms with E-state index in [4.69, 9.17) is 0 Å². The van der Waals surface area contributed by atoms with E-state index in [0.29, 0.717) is 12.2 Å². The first-order valence-corrected chi connectivity index (χ1v) is 17.2. The van der Waals surface area contributed by atoms with E-state index in [-0.39, 0.29) is 29.7 Å². The summed E-state index contributed by atoms with van der Waals surface area (Å²) in [5.41, 5.74) is 3.60. The number of aromatic nitrogens is 1. The number of nitrogens with zero attached hydrogens (tertiary/aromatic N) is 4. The first-order valence-electron chi connectivity index (χ1n) is 15.8. The van der Waals surface area contributed by atoms with Gasteiger partial charge in [0, 0.05) is 30.2 Å². The van der Waals surface area contributed by atoms with E-state index in [1.54, 1.807) is 40.1 Å². The molecule has 236 valence electrons. The zero-order valence-corrected chi connectivity index (χ0v) is 27.2. The van der Waals surface area contributed by atoms with Crippen LogP contribution >= 0.6 is 0 Å². The molecule has 46 heavy (non-hydrogen) atoms. The molecule has 4 heterocycles. The molecule has 7 rings (SSSR count). The highest BCUT2D eigenvalue weighted by Gasteiger charge is 2.68. The predicted octanol–water partition coefficient (Wildman–Crippen LogP) is 6.06. The lowest BCUT2D eigenvalue weighted by Crippen LogP contribution is -2.63. The van der Waals surface area contributed by atoms with Gasteiger partial charge >= 0.3 is 0 Å². The Morgan fingerprint density at radius 2 is 1.61 bits per heavy atom. The lowest BCUT2D eigenvalue weighted by molar-refractivity contribution is -0.154. The van der Waals surface area contributed by atoms with Gasteiger partial charge in [0.25, 0.3) is 10.0 Å². The number of para-hydroxylation sites is 2. The Hall–Kier alpha value is -4.63. The van der Waals surface area contributed by atoms with E-state index in [0.717, 1.165) is 34.9 Å². The van der Waals surface area contributed by atoms with Crippen molar-refractivity contribution in [1.82, 2.24) is 14.4 Å². The summed E-state index contributed by atoms with van der Waals surface area (Å²) in [5, 5.41) is 0.996.